The normalized spacial score (nSPS) is 17.7. The molecule has 0 bridgehead atoms. The number of hydrogen-bond acceptors (Lipinski definition) is 1. The van der Waals surface area contributed by atoms with Crippen molar-refractivity contribution in [3.05, 3.63) is 34.3 Å². The number of benzene rings is 1. The summed E-state index contributed by atoms with van der Waals surface area (Å²) in [6, 6.07) is 9.01. The van der Waals surface area contributed by atoms with Crippen LogP contribution in [0.15, 0.2) is 28.7 Å². The molecule has 0 amide bonds. The lowest BCUT2D eigenvalue weighted by molar-refractivity contribution is 0.505. The summed E-state index contributed by atoms with van der Waals surface area (Å²) in [5, 5.41) is 3.41. The van der Waals surface area contributed by atoms with Crippen LogP contribution in [-0.2, 0) is 0 Å². The van der Waals surface area contributed by atoms with Gasteiger partial charge in [0.1, 0.15) is 0 Å². The zero-order chi connectivity index (χ0) is 10.7. The second-order valence-electron chi connectivity index (χ2n) is 4.38. The van der Waals surface area contributed by atoms with Crippen molar-refractivity contribution in [2.75, 3.05) is 7.05 Å². The molecule has 1 aliphatic carbocycles. The molecule has 1 nitrogen and oxygen atoms in total. The van der Waals surface area contributed by atoms with Crippen LogP contribution in [0.4, 0.5) is 0 Å². The second-order valence-corrected chi connectivity index (χ2v) is 5.24. The highest BCUT2D eigenvalue weighted by Crippen LogP contribution is 2.36. The molecular weight excluding hydrogens is 250 g/mol. The van der Waals surface area contributed by atoms with Crippen LogP contribution in [0.1, 0.15) is 37.3 Å². The maximum atomic E-state index is 3.62. The van der Waals surface area contributed by atoms with E-state index in [4.69, 9.17) is 0 Å². The summed E-state index contributed by atoms with van der Waals surface area (Å²) in [6.45, 7) is 0. The number of hydrogen-bond donors (Lipinski definition) is 1. The van der Waals surface area contributed by atoms with E-state index in [1.54, 1.807) is 0 Å². The number of halogens is 1. The first-order valence-corrected chi connectivity index (χ1v) is 6.52. The molecule has 1 atom stereocenters. The van der Waals surface area contributed by atoms with Crippen LogP contribution < -0.4 is 5.32 Å². The summed E-state index contributed by atoms with van der Waals surface area (Å²) >= 11 is 3.62. The van der Waals surface area contributed by atoms with Gasteiger partial charge in [-0.2, -0.15) is 0 Å². The Morgan fingerprint density at radius 2 is 2.13 bits per heavy atom. The fourth-order valence-corrected chi connectivity index (χ4v) is 2.58. The molecule has 1 aromatic carbocycles. The van der Waals surface area contributed by atoms with Crippen LogP contribution in [0.2, 0.25) is 0 Å². The Hall–Kier alpha value is -0.340. The number of nitrogens with one attached hydrogen (secondary N) is 1. The maximum absolute atomic E-state index is 3.62. The van der Waals surface area contributed by atoms with E-state index in [9.17, 15) is 0 Å². The summed E-state index contributed by atoms with van der Waals surface area (Å²) < 4.78 is 1.22. The third-order valence-electron chi connectivity index (χ3n) is 3.19. The molecule has 0 radical (unpaired) electrons. The van der Waals surface area contributed by atoms with Crippen LogP contribution in [0.3, 0.4) is 0 Å². The summed E-state index contributed by atoms with van der Waals surface area (Å²) in [6.07, 6.45) is 5.52. The van der Waals surface area contributed by atoms with Gasteiger partial charge in [-0.1, -0.05) is 47.0 Å². The standard InChI is InChI=1S/C13H18BrN/c1-15-13(9-8-10-6-7-10)11-4-2-3-5-12(11)14/h2-5,10,13,15H,6-9H2,1H3. The van der Waals surface area contributed by atoms with E-state index in [1.165, 1.54) is 35.7 Å². The van der Waals surface area contributed by atoms with E-state index in [2.05, 4.69) is 52.6 Å². The lowest BCUT2D eigenvalue weighted by Crippen LogP contribution is -2.16. The van der Waals surface area contributed by atoms with Gasteiger partial charge in [-0.15, -0.1) is 0 Å². The van der Waals surface area contributed by atoms with Crippen molar-refractivity contribution in [1.82, 2.24) is 5.32 Å². The van der Waals surface area contributed by atoms with Gasteiger partial charge in [-0.3, -0.25) is 0 Å². The summed E-state index contributed by atoms with van der Waals surface area (Å²) in [5.74, 6) is 1.02. The molecule has 0 heterocycles. The topological polar surface area (TPSA) is 12.0 Å². The molecule has 1 saturated carbocycles. The van der Waals surface area contributed by atoms with Gasteiger partial charge in [0.2, 0.25) is 0 Å². The Morgan fingerprint density at radius 1 is 1.40 bits per heavy atom. The zero-order valence-corrected chi connectivity index (χ0v) is 10.8. The molecule has 1 aromatic rings. The largest absolute Gasteiger partial charge is 0.313 e. The lowest BCUT2D eigenvalue weighted by Gasteiger charge is -2.17. The Bertz CT molecular complexity index is 320. The quantitative estimate of drug-likeness (QED) is 0.854. The minimum Gasteiger partial charge on any atom is -0.313 e. The van der Waals surface area contributed by atoms with Crippen molar-refractivity contribution >= 4 is 15.9 Å². The Balaban J connectivity index is 2.00. The van der Waals surface area contributed by atoms with Crippen molar-refractivity contribution in [3.63, 3.8) is 0 Å². The fraction of sp³-hybridized carbons (Fsp3) is 0.538. The molecule has 2 rings (SSSR count). The first-order valence-electron chi connectivity index (χ1n) is 5.73. The average molecular weight is 268 g/mol. The molecular formula is C13H18BrN. The summed E-state index contributed by atoms with van der Waals surface area (Å²) in [5.41, 5.74) is 1.39. The van der Waals surface area contributed by atoms with Gasteiger partial charge in [-0.05, 0) is 37.4 Å². The molecule has 15 heavy (non-hydrogen) atoms. The first kappa shape index (κ1) is 11.2. The van der Waals surface area contributed by atoms with E-state index >= 15 is 0 Å². The molecule has 1 N–H and O–H groups in total. The zero-order valence-electron chi connectivity index (χ0n) is 9.17. The lowest BCUT2D eigenvalue weighted by atomic mass is 10.0. The van der Waals surface area contributed by atoms with Crippen molar-refractivity contribution in [2.45, 2.75) is 31.7 Å². The van der Waals surface area contributed by atoms with Crippen molar-refractivity contribution in [3.8, 4) is 0 Å². The number of rotatable bonds is 5. The highest BCUT2D eigenvalue weighted by atomic mass is 79.9. The van der Waals surface area contributed by atoms with Crippen molar-refractivity contribution < 1.29 is 0 Å². The van der Waals surface area contributed by atoms with Crippen LogP contribution in [-0.4, -0.2) is 7.05 Å². The Kier molecular flexibility index (Phi) is 3.81. The van der Waals surface area contributed by atoms with Gasteiger partial charge < -0.3 is 5.32 Å². The SMILES string of the molecule is CNC(CCC1CC1)c1ccccc1Br. The van der Waals surface area contributed by atoms with Crippen LogP contribution in [0.5, 0.6) is 0 Å². The van der Waals surface area contributed by atoms with Gasteiger partial charge in [0.25, 0.3) is 0 Å². The highest BCUT2D eigenvalue weighted by Gasteiger charge is 2.23. The van der Waals surface area contributed by atoms with Gasteiger partial charge in [-0.25, -0.2) is 0 Å². The van der Waals surface area contributed by atoms with E-state index in [0.717, 1.165) is 5.92 Å². The highest BCUT2D eigenvalue weighted by molar-refractivity contribution is 9.10. The van der Waals surface area contributed by atoms with Gasteiger partial charge in [0.05, 0.1) is 0 Å². The molecule has 0 aliphatic heterocycles. The smallest absolute Gasteiger partial charge is 0.0328 e. The molecule has 0 saturated heterocycles. The monoisotopic (exact) mass is 267 g/mol. The van der Waals surface area contributed by atoms with Crippen LogP contribution >= 0.6 is 15.9 Å². The van der Waals surface area contributed by atoms with E-state index < -0.39 is 0 Å². The first-order chi connectivity index (χ1) is 7.31. The fourth-order valence-electron chi connectivity index (χ4n) is 2.02. The van der Waals surface area contributed by atoms with E-state index in [-0.39, 0.29) is 0 Å². The molecule has 1 fully saturated rings. The summed E-state index contributed by atoms with van der Waals surface area (Å²) in [4.78, 5) is 0. The predicted octanol–water partition coefficient (Wildman–Crippen LogP) is 3.90. The maximum Gasteiger partial charge on any atom is 0.0328 e. The molecule has 2 heteroatoms. The Labute approximate surface area is 100 Å². The second kappa shape index (κ2) is 5.13. The van der Waals surface area contributed by atoms with Gasteiger partial charge in [0.15, 0.2) is 0 Å². The predicted molar refractivity (Wildman–Crippen MR) is 67.9 cm³/mol. The van der Waals surface area contributed by atoms with Crippen LogP contribution in [0, 0.1) is 5.92 Å². The van der Waals surface area contributed by atoms with Gasteiger partial charge in [0, 0.05) is 10.5 Å². The molecule has 1 unspecified atom stereocenters. The van der Waals surface area contributed by atoms with Crippen molar-refractivity contribution in [1.29, 1.82) is 0 Å². The molecule has 0 spiro atoms. The van der Waals surface area contributed by atoms with Crippen molar-refractivity contribution in [2.24, 2.45) is 5.92 Å². The van der Waals surface area contributed by atoms with E-state index in [0.29, 0.717) is 6.04 Å². The average Bonchev–Trinajstić information content (AvgIpc) is 3.05. The minimum atomic E-state index is 0.501. The van der Waals surface area contributed by atoms with Gasteiger partial charge >= 0.3 is 0 Å². The third kappa shape index (κ3) is 3.05. The van der Waals surface area contributed by atoms with Crippen LogP contribution in [0.25, 0.3) is 0 Å². The molecule has 82 valence electrons. The third-order valence-corrected chi connectivity index (χ3v) is 3.91. The molecule has 0 aromatic heterocycles. The van der Waals surface area contributed by atoms with E-state index in [1.807, 2.05) is 0 Å². The Morgan fingerprint density at radius 3 is 2.73 bits per heavy atom. The molecule has 1 aliphatic rings. The summed E-state index contributed by atoms with van der Waals surface area (Å²) in [7, 11) is 2.05. The minimum absolute atomic E-state index is 0.501.